The van der Waals surface area contributed by atoms with E-state index in [2.05, 4.69) is 23.0 Å². The summed E-state index contributed by atoms with van der Waals surface area (Å²) in [5.74, 6) is 3.57. The molecule has 3 fully saturated rings. The molecule has 3 aliphatic rings. The predicted molar refractivity (Wildman–Crippen MR) is 184 cm³/mol. The summed E-state index contributed by atoms with van der Waals surface area (Å²) in [6.45, 7) is 7.52. The largest absolute Gasteiger partial charge is 0.379 e. The second-order valence-electron chi connectivity index (χ2n) is 12.9. The molecular formula is C36H56N6O5. The van der Waals surface area contributed by atoms with Crippen molar-refractivity contribution in [3.8, 4) is 12.3 Å². The number of terminal acetylenes is 1. The molecule has 3 atom stereocenters. The number of amidine groups is 2. The molecule has 1 aromatic carbocycles. The smallest absolute Gasteiger partial charge is 0.224 e. The van der Waals surface area contributed by atoms with Gasteiger partial charge >= 0.3 is 0 Å². The van der Waals surface area contributed by atoms with Crippen LogP contribution in [-0.4, -0.2) is 123 Å². The van der Waals surface area contributed by atoms with Gasteiger partial charge in [0.05, 0.1) is 58.5 Å². The fourth-order valence-corrected chi connectivity index (χ4v) is 7.34. The average Bonchev–Trinajstić information content (AvgIpc) is 3.32. The molecule has 4 N–H and O–H groups in total. The lowest BCUT2D eigenvalue weighted by molar-refractivity contribution is -0.133. The van der Waals surface area contributed by atoms with Gasteiger partial charge in [-0.25, -0.2) is 0 Å². The minimum Gasteiger partial charge on any atom is -0.379 e. The summed E-state index contributed by atoms with van der Waals surface area (Å²) in [6.07, 6.45) is 12.2. The Morgan fingerprint density at radius 3 is 2.09 bits per heavy atom. The molecule has 1 amide bonds. The van der Waals surface area contributed by atoms with Crippen molar-refractivity contribution in [3.05, 3.63) is 35.9 Å². The number of nitrogens with two attached hydrogens (primary N) is 1. The second kappa shape index (κ2) is 19.8. The Morgan fingerprint density at radius 2 is 1.51 bits per heavy atom. The molecule has 0 aliphatic carbocycles. The number of carbonyl (C=O) groups excluding carboxylic acids is 1. The molecule has 3 aliphatic heterocycles. The molecule has 0 radical (unpaired) electrons. The highest BCUT2D eigenvalue weighted by molar-refractivity contribution is 5.98. The molecule has 11 nitrogen and oxygen atoms in total. The van der Waals surface area contributed by atoms with Gasteiger partial charge in [0.25, 0.3) is 0 Å². The van der Waals surface area contributed by atoms with E-state index in [9.17, 15) is 10.2 Å². The van der Waals surface area contributed by atoms with Crippen LogP contribution in [0.15, 0.2) is 30.3 Å². The normalized spacial score (nSPS) is 22.1. The second-order valence-corrected chi connectivity index (χ2v) is 12.9. The Labute approximate surface area is 281 Å². The first-order valence-corrected chi connectivity index (χ1v) is 17.4. The van der Waals surface area contributed by atoms with Gasteiger partial charge in [0.2, 0.25) is 5.91 Å². The van der Waals surface area contributed by atoms with Crippen LogP contribution >= 0.6 is 0 Å². The Kier molecular flexibility index (Phi) is 15.6. The Bertz CT molecular complexity index is 1140. The molecule has 2 bridgehead atoms. The maximum Gasteiger partial charge on any atom is 0.224 e. The van der Waals surface area contributed by atoms with Crippen molar-refractivity contribution in [2.75, 3.05) is 72.5 Å². The molecular weight excluding hydrogens is 596 g/mol. The van der Waals surface area contributed by atoms with Crippen molar-refractivity contribution in [2.24, 2.45) is 11.7 Å². The molecule has 2 unspecified atom stereocenters. The van der Waals surface area contributed by atoms with Crippen LogP contribution in [-0.2, 0) is 23.7 Å². The van der Waals surface area contributed by atoms with Crippen LogP contribution in [0.4, 0.5) is 0 Å². The number of amides is 1. The molecule has 260 valence electrons. The van der Waals surface area contributed by atoms with Crippen molar-refractivity contribution in [1.82, 2.24) is 14.7 Å². The molecule has 11 heteroatoms. The third-order valence-electron chi connectivity index (χ3n) is 9.77. The van der Waals surface area contributed by atoms with Gasteiger partial charge < -0.3 is 34.5 Å². The molecule has 0 aromatic heterocycles. The first kappa shape index (κ1) is 37.0. The number of nitrogens with zero attached hydrogens (tertiary/aromatic N) is 3. The summed E-state index contributed by atoms with van der Waals surface area (Å²) >= 11 is 0. The highest BCUT2D eigenvalue weighted by atomic mass is 16.6. The van der Waals surface area contributed by atoms with Gasteiger partial charge in [0.15, 0.2) is 0 Å². The predicted octanol–water partition coefficient (Wildman–Crippen LogP) is 3.68. The highest BCUT2D eigenvalue weighted by Gasteiger charge is 2.44. The van der Waals surface area contributed by atoms with Crippen molar-refractivity contribution in [3.63, 3.8) is 0 Å². The molecule has 47 heavy (non-hydrogen) atoms. The maximum absolute atomic E-state index is 12.8. The van der Waals surface area contributed by atoms with Crippen LogP contribution < -0.4 is 5.73 Å². The lowest BCUT2D eigenvalue weighted by Gasteiger charge is -2.45. The van der Waals surface area contributed by atoms with Gasteiger partial charge in [0.1, 0.15) is 12.4 Å². The van der Waals surface area contributed by atoms with E-state index in [1.807, 2.05) is 34.9 Å². The first-order valence-electron chi connectivity index (χ1n) is 17.4. The number of hydrogen-bond donors (Lipinski definition) is 3. The number of fused-ring (bicyclic) bond motifs is 2. The van der Waals surface area contributed by atoms with Crippen LogP contribution in [0.5, 0.6) is 0 Å². The zero-order valence-corrected chi connectivity index (χ0v) is 28.2. The summed E-state index contributed by atoms with van der Waals surface area (Å²) in [6, 6.07) is 11.5. The standard InChI is InChI=1S/C36H56N6O5/c1-3-18-44-20-22-46-24-25-47-23-21-45-19-14-35(43)40-15-11-30(12-16-40)36(39)42(28(2)37)33-26-31-9-10-32(27-33)41(31)17-13-34(38)29-7-5-4-6-8-29/h1,4-8,30-34,37,39H,9-27,38H2,2H3/t31?,32?,33?,34-/m0/s1. The number of benzene rings is 1. The van der Waals surface area contributed by atoms with Crippen LogP contribution in [0.2, 0.25) is 0 Å². The van der Waals surface area contributed by atoms with Crippen molar-refractivity contribution in [1.29, 1.82) is 10.8 Å². The highest BCUT2D eigenvalue weighted by Crippen LogP contribution is 2.39. The minimum atomic E-state index is 0.0415. The lowest BCUT2D eigenvalue weighted by Crippen LogP contribution is -2.55. The van der Waals surface area contributed by atoms with E-state index in [0.717, 1.165) is 38.6 Å². The number of carbonyl (C=O) groups is 1. The van der Waals surface area contributed by atoms with Gasteiger partial charge in [0, 0.05) is 49.7 Å². The van der Waals surface area contributed by atoms with Crippen molar-refractivity contribution in [2.45, 2.75) is 82.5 Å². The molecule has 1 aromatic rings. The number of piperidine rings is 2. The number of rotatable bonds is 19. The maximum atomic E-state index is 12.8. The lowest BCUT2D eigenvalue weighted by atomic mass is 9.90. The van der Waals surface area contributed by atoms with Crippen LogP contribution in [0.25, 0.3) is 0 Å². The molecule has 4 rings (SSSR count). The van der Waals surface area contributed by atoms with E-state index >= 15 is 0 Å². The summed E-state index contributed by atoms with van der Waals surface area (Å²) in [5, 5.41) is 17.8. The number of ether oxygens (including phenoxy) is 4. The first-order chi connectivity index (χ1) is 22.9. The zero-order chi connectivity index (χ0) is 33.4. The van der Waals surface area contributed by atoms with E-state index in [1.165, 1.54) is 18.4 Å². The number of likely N-dealkylation sites (tertiary alicyclic amines) is 1. The molecule has 3 saturated heterocycles. The van der Waals surface area contributed by atoms with E-state index in [4.69, 9.17) is 36.5 Å². The van der Waals surface area contributed by atoms with E-state index in [1.54, 1.807) is 0 Å². The third-order valence-corrected chi connectivity index (χ3v) is 9.77. The summed E-state index contributed by atoms with van der Waals surface area (Å²) < 4.78 is 21.6. The Hall–Kier alpha value is -2.85. The van der Waals surface area contributed by atoms with E-state index in [-0.39, 0.29) is 23.9 Å². The number of hydrogen-bond acceptors (Lipinski definition) is 9. The van der Waals surface area contributed by atoms with Gasteiger partial charge in [-0.1, -0.05) is 36.3 Å². The van der Waals surface area contributed by atoms with Crippen molar-refractivity contribution >= 4 is 17.6 Å². The quantitative estimate of drug-likeness (QED) is 0.0892. The topological polar surface area (TPSA) is 137 Å². The minimum absolute atomic E-state index is 0.0415. The fraction of sp³-hybridized carbons (Fsp3) is 0.694. The Morgan fingerprint density at radius 1 is 0.936 bits per heavy atom. The fourth-order valence-electron chi connectivity index (χ4n) is 7.34. The van der Waals surface area contributed by atoms with E-state index in [0.29, 0.717) is 96.1 Å². The van der Waals surface area contributed by atoms with Crippen molar-refractivity contribution < 1.29 is 23.7 Å². The monoisotopic (exact) mass is 652 g/mol. The summed E-state index contributed by atoms with van der Waals surface area (Å²) in [7, 11) is 0. The molecule has 3 heterocycles. The van der Waals surface area contributed by atoms with Gasteiger partial charge in [-0.05, 0) is 57.4 Å². The summed E-state index contributed by atoms with van der Waals surface area (Å²) in [4.78, 5) is 19.4. The van der Waals surface area contributed by atoms with Crippen LogP contribution in [0, 0.1) is 29.1 Å². The van der Waals surface area contributed by atoms with Gasteiger partial charge in [-0.15, -0.1) is 6.42 Å². The Balaban J connectivity index is 1.11. The van der Waals surface area contributed by atoms with E-state index < -0.39 is 0 Å². The molecule has 0 saturated carbocycles. The third kappa shape index (κ3) is 11.4. The number of nitrogens with one attached hydrogen (secondary N) is 2. The van der Waals surface area contributed by atoms with Crippen LogP contribution in [0.1, 0.15) is 69.9 Å². The summed E-state index contributed by atoms with van der Waals surface area (Å²) in [5.41, 5.74) is 7.71. The zero-order valence-electron chi connectivity index (χ0n) is 28.2. The SMILES string of the molecule is C#CCOCCOCCOCCOCCC(=O)N1CCC(C(=N)N(C(C)=N)C2CC3CCC(C2)N3CC[C@H](N)c2ccccc2)CC1. The van der Waals surface area contributed by atoms with Gasteiger partial charge in [-0.2, -0.15) is 0 Å². The van der Waals surface area contributed by atoms with Crippen LogP contribution in [0.3, 0.4) is 0 Å². The molecule has 0 spiro atoms. The van der Waals surface area contributed by atoms with Gasteiger partial charge in [-0.3, -0.25) is 20.5 Å². The average molecular weight is 653 g/mol.